The molecule has 3 heteroatoms. The number of aromatic nitrogens is 1. The second-order valence-corrected chi connectivity index (χ2v) is 6.03. The van der Waals surface area contributed by atoms with Gasteiger partial charge < -0.3 is 5.32 Å². The van der Waals surface area contributed by atoms with Crippen molar-refractivity contribution < 1.29 is 0 Å². The molecule has 0 radical (unpaired) electrons. The summed E-state index contributed by atoms with van der Waals surface area (Å²) in [5.74, 6) is 1.92. The molecule has 1 saturated heterocycles. The van der Waals surface area contributed by atoms with Crippen molar-refractivity contribution in [2.45, 2.75) is 51.1 Å². The molecule has 0 spiro atoms. The van der Waals surface area contributed by atoms with E-state index in [9.17, 15) is 0 Å². The number of hydrogen-bond donors (Lipinski definition) is 1. The first-order chi connectivity index (χ1) is 9.36. The SMILES string of the molecule is CNc1ccc(CN2CCCC2C2CCCC2)cn1. The summed E-state index contributed by atoms with van der Waals surface area (Å²) in [5.41, 5.74) is 1.35. The van der Waals surface area contributed by atoms with E-state index in [0.29, 0.717) is 0 Å². The third-order valence-electron chi connectivity index (χ3n) is 4.82. The monoisotopic (exact) mass is 259 g/mol. The number of rotatable bonds is 4. The lowest BCUT2D eigenvalue weighted by Crippen LogP contribution is -2.34. The van der Waals surface area contributed by atoms with E-state index in [4.69, 9.17) is 0 Å². The van der Waals surface area contributed by atoms with Gasteiger partial charge in [0.05, 0.1) is 0 Å². The lowest BCUT2D eigenvalue weighted by molar-refractivity contribution is 0.183. The molecule has 1 aliphatic carbocycles. The molecule has 1 unspecified atom stereocenters. The van der Waals surface area contributed by atoms with Crippen molar-refractivity contribution in [3.8, 4) is 0 Å². The van der Waals surface area contributed by atoms with E-state index in [2.05, 4.69) is 27.3 Å². The highest BCUT2D eigenvalue weighted by Gasteiger charge is 2.32. The van der Waals surface area contributed by atoms with Gasteiger partial charge in [0.25, 0.3) is 0 Å². The molecule has 0 amide bonds. The normalized spacial score (nSPS) is 25.0. The quantitative estimate of drug-likeness (QED) is 0.899. The topological polar surface area (TPSA) is 28.2 Å². The van der Waals surface area contributed by atoms with Crippen LogP contribution in [0.5, 0.6) is 0 Å². The molecule has 19 heavy (non-hydrogen) atoms. The van der Waals surface area contributed by atoms with Crippen LogP contribution >= 0.6 is 0 Å². The standard InChI is InChI=1S/C16H25N3/c1-17-16-9-8-13(11-18-16)12-19-10-4-7-15(19)14-5-2-3-6-14/h8-9,11,14-15H,2-7,10,12H2,1H3,(H,17,18). The number of likely N-dealkylation sites (tertiary alicyclic amines) is 1. The summed E-state index contributed by atoms with van der Waals surface area (Å²) >= 11 is 0. The fourth-order valence-electron chi connectivity index (χ4n) is 3.82. The lowest BCUT2D eigenvalue weighted by Gasteiger charge is -2.29. The summed E-state index contributed by atoms with van der Waals surface area (Å²) < 4.78 is 0. The summed E-state index contributed by atoms with van der Waals surface area (Å²) in [5, 5.41) is 3.08. The van der Waals surface area contributed by atoms with Crippen LogP contribution in [0.15, 0.2) is 18.3 Å². The maximum absolute atomic E-state index is 4.42. The minimum Gasteiger partial charge on any atom is -0.373 e. The molecule has 2 fully saturated rings. The Bertz CT molecular complexity index is 395. The Hall–Kier alpha value is -1.09. The van der Waals surface area contributed by atoms with Crippen LogP contribution < -0.4 is 5.32 Å². The summed E-state index contributed by atoms with van der Waals surface area (Å²) in [4.78, 5) is 7.12. The highest BCUT2D eigenvalue weighted by molar-refractivity contribution is 5.34. The molecule has 2 heterocycles. The molecule has 3 rings (SSSR count). The third-order valence-corrected chi connectivity index (χ3v) is 4.82. The smallest absolute Gasteiger partial charge is 0.125 e. The van der Waals surface area contributed by atoms with E-state index < -0.39 is 0 Å². The van der Waals surface area contributed by atoms with Crippen LogP contribution in [0.4, 0.5) is 5.82 Å². The second-order valence-electron chi connectivity index (χ2n) is 6.03. The summed E-state index contributed by atoms with van der Waals surface area (Å²) in [7, 11) is 1.92. The Labute approximate surface area is 116 Å². The van der Waals surface area contributed by atoms with Crippen molar-refractivity contribution in [1.29, 1.82) is 0 Å². The molecule has 1 atom stereocenters. The van der Waals surface area contributed by atoms with Crippen LogP contribution in [0.2, 0.25) is 0 Å². The van der Waals surface area contributed by atoms with Crippen LogP contribution in [0.1, 0.15) is 44.1 Å². The van der Waals surface area contributed by atoms with Crippen LogP contribution in [0, 0.1) is 5.92 Å². The summed E-state index contributed by atoms with van der Waals surface area (Å²) in [6.45, 7) is 2.35. The predicted molar refractivity (Wildman–Crippen MR) is 79.2 cm³/mol. The number of pyridine rings is 1. The van der Waals surface area contributed by atoms with Crippen molar-refractivity contribution >= 4 is 5.82 Å². The van der Waals surface area contributed by atoms with Crippen LogP contribution in [-0.4, -0.2) is 29.5 Å². The van der Waals surface area contributed by atoms with Gasteiger partial charge >= 0.3 is 0 Å². The molecule has 1 aromatic rings. The molecule has 104 valence electrons. The lowest BCUT2D eigenvalue weighted by atomic mass is 9.96. The van der Waals surface area contributed by atoms with Gasteiger partial charge in [0, 0.05) is 25.8 Å². The molecule has 0 aromatic carbocycles. The van der Waals surface area contributed by atoms with Crippen molar-refractivity contribution in [2.75, 3.05) is 18.9 Å². The van der Waals surface area contributed by atoms with Gasteiger partial charge in [0.1, 0.15) is 5.82 Å². The second kappa shape index (κ2) is 5.91. The van der Waals surface area contributed by atoms with Gasteiger partial charge in [-0.05, 0) is 49.8 Å². The molecular formula is C16H25N3. The van der Waals surface area contributed by atoms with E-state index >= 15 is 0 Å². The first kappa shape index (κ1) is 12.9. The van der Waals surface area contributed by atoms with Crippen molar-refractivity contribution in [1.82, 2.24) is 9.88 Å². The molecule has 0 bridgehead atoms. The van der Waals surface area contributed by atoms with Crippen LogP contribution in [0.25, 0.3) is 0 Å². The largest absolute Gasteiger partial charge is 0.373 e. The molecule has 1 saturated carbocycles. The molecule has 1 aromatic heterocycles. The zero-order chi connectivity index (χ0) is 13.1. The van der Waals surface area contributed by atoms with Gasteiger partial charge in [-0.3, -0.25) is 4.90 Å². The molecular weight excluding hydrogens is 234 g/mol. The zero-order valence-corrected chi connectivity index (χ0v) is 11.9. The predicted octanol–water partition coefficient (Wildman–Crippen LogP) is 3.28. The van der Waals surface area contributed by atoms with Gasteiger partial charge in [-0.1, -0.05) is 18.9 Å². The van der Waals surface area contributed by atoms with Crippen molar-refractivity contribution in [3.05, 3.63) is 23.9 Å². The fraction of sp³-hybridized carbons (Fsp3) is 0.688. The van der Waals surface area contributed by atoms with E-state index in [1.807, 2.05) is 13.2 Å². The van der Waals surface area contributed by atoms with E-state index in [0.717, 1.165) is 24.3 Å². The Morgan fingerprint density at radius 1 is 1.21 bits per heavy atom. The minimum absolute atomic E-state index is 0.839. The van der Waals surface area contributed by atoms with Gasteiger partial charge in [0.2, 0.25) is 0 Å². The Morgan fingerprint density at radius 2 is 2.05 bits per heavy atom. The summed E-state index contributed by atoms with van der Waals surface area (Å²) in [6, 6.07) is 5.13. The van der Waals surface area contributed by atoms with Crippen LogP contribution in [-0.2, 0) is 6.54 Å². The maximum Gasteiger partial charge on any atom is 0.125 e. The minimum atomic E-state index is 0.839. The van der Waals surface area contributed by atoms with E-state index in [1.165, 1.54) is 50.6 Å². The van der Waals surface area contributed by atoms with Crippen LogP contribution in [0.3, 0.4) is 0 Å². The average molecular weight is 259 g/mol. The fourth-order valence-corrected chi connectivity index (χ4v) is 3.82. The Balaban J connectivity index is 1.63. The summed E-state index contributed by atoms with van der Waals surface area (Å²) in [6.07, 6.45) is 10.6. The van der Waals surface area contributed by atoms with E-state index in [1.54, 1.807) is 0 Å². The van der Waals surface area contributed by atoms with Crippen molar-refractivity contribution in [2.24, 2.45) is 5.92 Å². The number of anilines is 1. The third kappa shape index (κ3) is 2.92. The number of hydrogen-bond acceptors (Lipinski definition) is 3. The molecule has 2 aliphatic rings. The Kier molecular flexibility index (Phi) is 4.02. The first-order valence-electron chi connectivity index (χ1n) is 7.73. The van der Waals surface area contributed by atoms with Gasteiger partial charge in [-0.25, -0.2) is 4.98 Å². The van der Waals surface area contributed by atoms with Gasteiger partial charge in [0.15, 0.2) is 0 Å². The Morgan fingerprint density at radius 3 is 2.74 bits per heavy atom. The highest BCUT2D eigenvalue weighted by atomic mass is 15.2. The molecule has 1 aliphatic heterocycles. The van der Waals surface area contributed by atoms with E-state index in [-0.39, 0.29) is 0 Å². The number of nitrogens with one attached hydrogen (secondary N) is 1. The zero-order valence-electron chi connectivity index (χ0n) is 11.9. The maximum atomic E-state index is 4.42. The molecule has 1 N–H and O–H groups in total. The van der Waals surface area contributed by atoms with Gasteiger partial charge in [-0.15, -0.1) is 0 Å². The molecule has 3 nitrogen and oxygen atoms in total. The first-order valence-corrected chi connectivity index (χ1v) is 7.73. The van der Waals surface area contributed by atoms with Crippen molar-refractivity contribution in [3.63, 3.8) is 0 Å². The average Bonchev–Trinajstić information content (AvgIpc) is 3.10. The van der Waals surface area contributed by atoms with Gasteiger partial charge in [-0.2, -0.15) is 0 Å². The highest BCUT2D eigenvalue weighted by Crippen LogP contribution is 2.35. The number of nitrogens with zero attached hydrogens (tertiary/aromatic N) is 2.